The Kier molecular flexibility index (Phi) is 6.86. The van der Waals surface area contributed by atoms with Gasteiger partial charge in [0.05, 0.1) is 13.1 Å². The summed E-state index contributed by atoms with van der Waals surface area (Å²) in [6.07, 6.45) is 2.19. The standard InChI is InChI=1S/C22H27N3OS2/c1-4-5-8-23-22(27)25(14-19-7-6-9-28-19)13-18-12-17-10-15(2)16(3)11-20(17)24-21(18)26/h6-7,9-12H,4-5,8,13-14H2,1-3H3,(H,23,27)(H,24,26). The van der Waals surface area contributed by atoms with Crippen LogP contribution in [0.1, 0.15) is 41.3 Å². The second kappa shape index (κ2) is 9.34. The molecule has 3 rings (SSSR count). The molecule has 0 aliphatic heterocycles. The Balaban J connectivity index is 1.88. The number of benzene rings is 1. The first kappa shape index (κ1) is 20.6. The fourth-order valence-electron chi connectivity index (χ4n) is 3.12. The van der Waals surface area contributed by atoms with Crippen LogP contribution in [0, 0.1) is 13.8 Å². The molecule has 0 bridgehead atoms. The fraction of sp³-hybridized carbons (Fsp3) is 0.364. The van der Waals surface area contributed by atoms with Crippen LogP contribution in [-0.2, 0) is 13.1 Å². The Labute approximate surface area is 175 Å². The maximum atomic E-state index is 12.7. The van der Waals surface area contributed by atoms with Gasteiger partial charge >= 0.3 is 0 Å². The molecule has 0 saturated carbocycles. The molecule has 2 aromatic heterocycles. The van der Waals surface area contributed by atoms with E-state index in [-0.39, 0.29) is 5.56 Å². The van der Waals surface area contributed by atoms with Gasteiger partial charge in [0, 0.05) is 22.5 Å². The Bertz CT molecular complexity index is 1010. The molecule has 0 atom stereocenters. The summed E-state index contributed by atoms with van der Waals surface area (Å²) in [5.74, 6) is 0. The molecule has 2 heterocycles. The molecule has 4 nitrogen and oxygen atoms in total. The highest BCUT2D eigenvalue weighted by atomic mass is 32.1. The number of aromatic amines is 1. The van der Waals surface area contributed by atoms with Gasteiger partial charge in [0.15, 0.2) is 5.11 Å². The Morgan fingerprint density at radius 1 is 1.21 bits per heavy atom. The van der Waals surface area contributed by atoms with Gasteiger partial charge in [-0.3, -0.25) is 4.79 Å². The van der Waals surface area contributed by atoms with Crippen molar-refractivity contribution in [3.63, 3.8) is 0 Å². The molecule has 0 unspecified atom stereocenters. The van der Waals surface area contributed by atoms with Gasteiger partial charge in [0.1, 0.15) is 0 Å². The number of aryl methyl sites for hydroxylation is 2. The maximum absolute atomic E-state index is 12.7. The second-order valence-corrected chi connectivity index (χ2v) is 8.59. The van der Waals surface area contributed by atoms with E-state index >= 15 is 0 Å². The first-order valence-electron chi connectivity index (χ1n) is 9.66. The topological polar surface area (TPSA) is 48.1 Å². The summed E-state index contributed by atoms with van der Waals surface area (Å²) in [6, 6.07) is 10.3. The number of hydrogen-bond donors (Lipinski definition) is 2. The number of rotatable bonds is 7. The molecule has 28 heavy (non-hydrogen) atoms. The van der Waals surface area contributed by atoms with Crippen LogP contribution in [0.2, 0.25) is 0 Å². The van der Waals surface area contributed by atoms with Crippen LogP contribution in [0.15, 0.2) is 40.5 Å². The number of thiocarbonyl (C=S) groups is 1. The van der Waals surface area contributed by atoms with Crippen molar-refractivity contribution in [2.24, 2.45) is 0 Å². The molecule has 0 aliphatic rings. The molecular weight excluding hydrogens is 386 g/mol. The minimum atomic E-state index is -0.0525. The third kappa shape index (κ3) is 5.00. The maximum Gasteiger partial charge on any atom is 0.253 e. The van der Waals surface area contributed by atoms with Crippen LogP contribution >= 0.6 is 23.6 Å². The normalized spacial score (nSPS) is 11.0. The number of nitrogens with one attached hydrogen (secondary N) is 2. The van der Waals surface area contributed by atoms with Crippen LogP contribution in [0.5, 0.6) is 0 Å². The molecule has 148 valence electrons. The molecule has 0 aliphatic carbocycles. The van der Waals surface area contributed by atoms with E-state index in [1.165, 1.54) is 16.0 Å². The van der Waals surface area contributed by atoms with E-state index in [1.807, 2.05) is 18.2 Å². The fourth-order valence-corrected chi connectivity index (χ4v) is 4.07. The summed E-state index contributed by atoms with van der Waals surface area (Å²) in [4.78, 5) is 19.0. The molecule has 0 amide bonds. The van der Waals surface area contributed by atoms with Crippen LogP contribution in [0.3, 0.4) is 0 Å². The van der Waals surface area contributed by atoms with Crippen molar-refractivity contribution in [2.75, 3.05) is 6.54 Å². The zero-order valence-corrected chi connectivity index (χ0v) is 18.3. The lowest BCUT2D eigenvalue weighted by molar-refractivity contribution is 0.400. The molecule has 3 aromatic rings. The molecule has 0 radical (unpaired) electrons. The minimum Gasteiger partial charge on any atom is -0.363 e. The lowest BCUT2D eigenvalue weighted by Gasteiger charge is -2.25. The first-order valence-corrected chi connectivity index (χ1v) is 10.9. The number of aromatic nitrogens is 1. The van der Waals surface area contributed by atoms with Crippen LogP contribution < -0.4 is 10.9 Å². The monoisotopic (exact) mass is 413 g/mol. The molecule has 0 saturated heterocycles. The number of pyridine rings is 1. The number of nitrogens with zero attached hydrogens (tertiary/aromatic N) is 1. The van der Waals surface area contributed by atoms with E-state index in [2.05, 4.69) is 53.5 Å². The largest absolute Gasteiger partial charge is 0.363 e. The number of fused-ring (bicyclic) bond motifs is 1. The smallest absolute Gasteiger partial charge is 0.253 e. The van der Waals surface area contributed by atoms with E-state index in [0.717, 1.165) is 35.9 Å². The third-order valence-corrected chi connectivity index (χ3v) is 6.18. The molecule has 0 fully saturated rings. The number of unbranched alkanes of at least 4 members (excludes halogenated alkanes) is 1. The molecule has 6 heteroatoms. The molecule has 1 aromatic carbocycles. The Morgan fingerprint density at radius 2 is 2.00 bits per heavy atom. The Hall–Kier alpha value is -2.18. The highest BCUT2D eigenvalue weighted by Crippen LogP contribution is 2.19. The summed E-state index contributed by atoms with van der Waals surface area (Å²) in [5, 5.41) is 7.15. The van der Waals surface area contributed by atoms with Crippen molar-refractivity contribution < 1.29 is 0 Å². The van der Waals surface area contributed by atoms with Gasteiger partial charge in [-0.05, 0) is 78.6 Å². The van der Waals surface area contributed by atoms with Crippen molar-refractivity contribution in [3.05, 3.63) is 67.6 Å². The van der Waals surface area contributed by atoms with Crippen LogP contribution in [0.25, 0.3) is 10.9 Å². The highest BCUT2D eigenvalue weighted by Gasteiger charge is 2.14. The van der Waals surface area contributed by atoms with Gasteiger partial charge in [-0.1, -0.05) is 19.4 Å². The van der Waals surface area contributed by atoms with Gasteiger partial charge in [0.2, 0.25) is 0 Å². The van der Waals surface area contributed by atoms with E-state index < -0.39 is 0 Å². The van der Waals surface area contributed by atoms with Crippen molar-refractivity contribution >= 4 is 39.6 Å². The quantitative estimate of drug-likeness (QED) is 0.428. The molecule has 2 N–H and O–H groups in total. The molecular formula is C22H27N3OS2. The second-order valence-electron chi connectivity index (χ2n) is 7.17. The van der Waals surface area contributed by atoms with Crippen LogP contribution in [0.4, 0.5) is 0 Å². The average molecular weight is 414 g/mol. The van der Waals surface area contributed by atoms with Gasteiger partial charge in [-0.15, -0.1) is 11.3 Å². The number of hydrogen-bond acceptors (Lipinski definition) is 3. The summed E-state index contributed by atoms with van der Waals surface area (Å²) >= 11 is 7.35. The Morgan fingerprint density at radius 3 is 2.71 bits per heavy atom. The van der Waals surface area contributed by atoms with E-state index in [9.17, 15) is 4.79 Å². The summed E-state index contributed by atoms with van der Waals surface area (Å²) in [5.41, 5.74) is 3.95. The van der Waals surface area contributed by atoms with Crippen molar-refractivity contribution in [1.29, 1.82) is 0 Å². The SMILES string of the molecule is CCCCNC(=S)N(Cc1cccs1)Cc1cc2cc(C)c(C)cc2[nH]c1=O. The van der Waals surface area contributed by atoms with Crippen molar-refractivity contribution in [1.82, 2.24) is 15.2 Å². The minimum absolute atomic E-state index is 0.0525. The van der Waals surface area contributed by atoms with E-state index in [0.29, 0.717) is 18.2 Å². The van der Waals surface area contributed by atoms with E-state index in [1.54, 1.807) is 11.3 Å². The zero-order valence-electron chi connectivity index (χ0n) is 16.7. The van der Waals surface area contributed by atoms with Gasteiger partial charge in [-0.25, -0.2) is 0 Å². The zero-order chi connectivity index (χ0) is 20.1. The van der Waals surface area contributed by atoms with E-state index in [4.69, 9.17) is 12.2 Å². The summed E-state index contributed by atoms with van der Waals surface area (Å²) in [7, 11) is 0. The highest BCUT2D eigenvalue weighted by molar-refractivity contribution is 7.80. The lowest BCUT2D eigenvalue weighted by Crippen LogP contribution is -2.40. The predicted molar refractivity (Wildman–Crippen MR) is 123 cm³/mol. The van der Waals surface area contributed by atoms with Gasteiger partial charge in [-0.2, -0.15) is 0 Å². The first-order chi connectivity index (χ1) is 13.5. The summed E-state index contributed by atoms with van der Waals surface area (Å²) < 4.78 is 0. The summed E-state index contributed by atoms with van der Waals surface area (Å²) in [6.45, 7) is 8.34. The predicted octanol–water partition coefficient (Wildman–Crippen LogP) is 4.88. The molecule has 0 spiro atoms. The lowest BCUT2D eigenvalue weighted by atomic mass is 10.0. The average Bonchev–Trinajstić information content (AvgIpc) is 3.16. The number of thiophene rings is 1. The third-order valence-electron chi connectivity index (χ3n) is 4.92. The van der Waals surface area contributed by atoms with Crippen LogP contribution in [-0.4, -0.2) is 21.5 Å². The van der Waals surface area contributed by atoms with Crippen molar-refractivity contribution in [3.8, 4) is 0 Å². The van der Waals surface area contributed by atoms with Crippen molar-refractivity contribution in [2.45, 2.75) is 46.7 Å². The number of H-pyrrole nitrogens is 1. The van der Waals surface area contributed by atoms with Gasteiger partial charge in [0.25, 0.3) is 5.56 Å². The van der Waals surface area contributed by atoms with Gasteiger partial charge < -0.3 is 15.2 Å².